The summed E-state index contributed by atoms with van der Waals surface area (Å²) < 4.78 is 0. The summed E-state index contributed by atoms with van der Waals surface area (Å²) in [6.45, 7) is 4.31. The van der Waals surface area contributed by atoms with Crippen molar-refractivity contribution in [3.8, 4) is 0 Å². The van der Waals surface area contributed by atoms with Crippen LogP contribution in [0.25, 0.3) is 0 Å². The predicted molar refractivity (Wildman–Crippen MR) is 110 cm³/mol. The topological polar surface area (TPSA) is 74.6 Å². The zero-order valence-electron chi connectivity index (χ0n) is 16.5. The van der Waals surface area contributed by atoms with Crippen molar-refractivity contribution >= 4 is 41.5 Å². The summed E-state index contributed by atoms with van der Waals surface area (Å²) >= 11 is 0. The van der Waals surface area contributed by atoms with Crippen molar-refractivity contribution in [2.45, 2.75) is 117 Å². The Morgan fingerprint density at radius 1 is 0.577 bits per heavy atom. The summed E-state index contributed by atoms with van der Waals surface area (Å²) in [7, 11) is 0. The molecule has 0 fully saturated rings. The van der Waals surface area contributed by atoms with E-state index in [0.717, 1.165) is 32.1 Å². The van der Waals surface area contributed by atoms with E-state index in [1.54, 1.807) is 0 Å². The number of carbonyl (C=O) groups is 2. The van der Waals surface area contributed by atoms with E-state index in [-0.39, 0.29) is 42.4 Å². The molecule has 0 aliphatic heterocycles. The van der Waals surface area contributed by atoms with Crippen molar-refractivity contribution in [3.63, 3.8) is 0 Å². The summed E-state index contributed by atoms with van der Waals surface area (Å²) in [4.78, 5) is 23.3. The Labute approximate surface area is 182 Å². The molecule has 0 saturated heterocycles. The van der Waals surface area contributed by atoms with Gasteiger partial charge in [0.05, 0.1) is 0 Å². The summed E-state index contributed by atoms with van der Waals surface area (Å²) in [6.07, 6.45) is 15.9. The second kappa shape index (κ2) is 18.3. The van der Waals surface area contributed by atoms with E-state index in [2.05, 4.69) is 13.8 Å². The molecule has 0 heterocycles. The summed E-state index contributed by atoms with van der Waals surface area (Å²) in [6, 6.07) is 0. The molecule has 0 atom stereocenters. The first kappa shape index (κ1) is 28.2. The Bertz CT molecular complexity index is 344. The molecular weight excluding hydrogens is 339 g/mol. The molecule has 0 unspecified atom stereocenters. The quantitative estimate of drug-likeness (QED) is 0.180. The van der Waals surface area contributed by atoms with Crippen LogP contribution in [0.4, 0.5) is 0 Å². The first-order valence-electron chi connectivity index (χ1n) is 10.5. The molecule has 0 rings (SSSR count). The molecule has 0 aliphatic rings. The molecule has 4 nitrogen and oxygen atoms in total. The minimum atomic E-state index is -1.58. The third-order valence-corrected chi connectivity index (χ3v) is 5.23. The number of hydrogen-bond donors (Lipinski definition) is 2. The van der Waals surface area contributed by atoms with E-state index in [1.165, 1.54) is 44.9 Å². The van der Waals surface area contributed by atoms with Crippen LogP contribution in [0.1, 0.15) is 117 Å². The fraction of sp³-hybridized carbons (Fsp3) is 0.905. The van der Waals surface area contributed by atoms with Gasteiger partial charge in [0, 0.05) is 0 Å². The molecule has 0 spiro atoms. The molecule has 2 N–H and O–H groups in total. The molecule has 5 heteroatoms. The van der Waals surface area contributed by atoms with Crippen LogP contribution < -0.4 is 0 Å². The third kappa shape index (κ3) is 12.3. The Hall–Kier alpha value is -0.0600. The van der Waals surface area contributed by atoms with Gasteiger partial charge in [-0.15, -0.1) is 0 Å². The van der Waals surface area contributed by atoms with E-state index in [1.807, 2.05) is 0 Å². The number of carboxylic acids is 2. The summed E-state index contributed by atoms with van der Waals surface area (Å²) in [5.74, 6) is -2.32. The number of carboxylic acid groups (broad SMARTS) is 2. The van der Waals surface area contributed by atoms with Gasteiger partial charge in [0.1, 0.15) is 0 Å². The van der Waals surface area contributed by atoms with Gasteiger partial charge >= 0.3 is 41.5 Å². The molecule has 0 aromatic rings. The van der Waals surface area contributed by atoms with Crippen LogP contribution in [0.2, 0.25) is 0 Å². The normalized spacial score (nSPS) is 11.2. The molecular formula is C21H41NaO4. The van der Waals surface area contributed by atoms with E-state index in [4.69, 9.17) is 0 Å². The zero-order chi connectivity index (χ0) is 19.0. The second-order valence-electron chi connectivity index (χ2n) is 7.44. The van der Waals surface area contributed by atoms with Gasteiger partial charge in [-0.2, -0.15) is 0 Å². The molecule has 26 heavy (non-hydrogen) atoms. The number of unbranched alkanes of at least 4 members (excludes halogenated alkanes) is 12. The molecule has 0 aromatic carbocycles. The van der Waals surface area contributed by atoms with Gasteiger partial charge in [-0.3, -0.25) is 9.59 Å². The standard InChI is InChI=1S/C21H40O4.Na.H/c1-3-5-7-9-10-11-12-13-14-16-18-21(19(22)23,20(24)25)17-15-8-6-4-2;;/h3-18H2,1-2H3,(H,22,23)(H,24,25);;. The number of aliphatic carboxylic acids is 2. The summed E-state index contributed by atoms with van der Waals surface area (Å²) in [5.41, 5.74) is -1.58. The van der Waals surface area contributed by atoms with Crippen LogP contribution in [-0.2, 0) is 9.59 Å². The fourth-order valence-electron chi connectivity index (χ4n) is 3.41. The Morgan fingerprint density at radius 3 is 1.15 bits per heavy atom. The molecule has 0 aromatic heterocycles. The average Bonchev–Trinajstić information content (AvgIpc) is 2.57. The summed E-state index contributed by atoms with van der Waals surface area (Å²) in [5, 5.41) is 19.0. The van der Waals surface area contributed by atoms with Crippen molar-refractivity contribution in [1.82, 2.24) is 0 Å². The molecule has 0 saturated carbocycles. The predicted octanol–water partition coefficient (Wildman–Crippen LogP) is 5.77. The Kier molecular flexibility index (Phi) is 19.8. The van der Waals surface area contributed by atoms with E-state index < -0.39 is 17.4 Å². The SMILES string of the molecule is CCCCCCCCCCCCC(CCCCCC)(C(=O)O)C(=O)O.[NaH]. The van der Waals surface area contributed by atoms with E-state index in [9.17, 15) is 19.8 Å². The van der Waals surface area contributed by atoms with Gasteiger partial charge in [0.2, 0.25) is 0 Å². The van der Waals surface area contributed by atoms with Gasteiger partial charge in [-0.25, -0.2) is 0 Å². The molecule has 0 radical (unpaired) electrons. The fourth-order valence-corrected chi connectivity index (χ4v) is 3.41. The van der Waals surface area contributed by atoms with Crippen LogP contribution >= 0.6 is 0 Å². The second-order valence-corrected chi connectivity index (χ2v) is 7.44. The maximum atomic E-state index is 11.6. The first-order chi connectivity index (χ1) is 12.0. The van der Waals surface area contributed by atoms with Crippen LogP contribution in [-0.4, -0.2) is 51.7 Å². The number of rotatable bonds is 18. The maximum absolute atomic E-state index is 11.6. The first-order valence-corrected chi connectivity index (χ1v) is 10.5. The van der Waals surface area contributed by atoms with Crippen LogP contribution in [0, 0.1) is 5.41 Å². The van der Waals surface area contributed by atoms with E-state index in [0.29, 0.717) is 12.8 Å². The molecule has 0 aliphatic carbocycles. The van der Waals surface area contributed by atoms with Crippen molar-refractivity contribution in [1.29, 1.82) is 0 Å². The monoisotopic (exact) mass is 380 g/mol. The van der Waals surface area contributed by atoms with Crippen LogP contribution in [0.5, 0.6) is 0 Å². The average molecular weight is 381 g/mol. The van der Waals surface area contributed by atoms with Gasteiger partial charge in [-0.05, 0) is 12.8 Å². The molecule has 150 valence electrons. The van der Waals surface area contributed by atoms with Crippen molar-refractivity contribution < 1.29 is 19.8 Å². The minimum absolute atomic E-state index is 0. The number of hydrogen-bond acceptors (Lipinski definition) is 2. The third-order valence-electron chi connectivity index (χ3n) is 5.23. The van der Waals surface area contributed by atoms with Gasteiger partial charge in [0.15, 0.2) is 5.41 Å². The molecule has 0 bridgehead atoms. The van der Waals surface area contributed by atoms with Crippen LogP contribution in [0.3, 0.4) is 0 Å². The van der Waals surface area contributed by atoms with Crippen LogP contribution in [0.15, 0.2) is 0 Å². The van der Waals surface area contributed by atoms with E-state index >= 15 is 0 Å². The van der Waals surface area contributed by atoms with Crippen molar-refractivity contribution in [3.05, 3.63) is 0 Å². The Balaban J connectivity index is 0. The zero-order valence-corrected chi connectivity index (χ0v) is 16.5. The van der Waals surface area contributed by atoms with Gasteiger partial charge < -0.3 is 10.2 Å². The van der Waals surface area contributed by atoms with Crippen molar-refractivity contribution in [2.75, 3.05) is 0 Å². The molecule has 0 amide bonds. The van der Waals surface area contributed by atoms with Crippen molar-refractivity contribution in [2.24, 2.45) is 5.41 Å². The van der Waals surface area contributed by atoms with Gasteiger partial charge in [-0.1, -0.05) is 104 Å². The van der Waals surface area contributed by atoms with Gasteiger partial charge in [0.25, 0.3) is 0 Å². The Morgan fingerprint density at radius 2 is 0.846 bits per heavy atom.